The lowest BCUT2D eigenvalue weighted by Gasteiger charge is -2.60. The van der Waals surface area contributed by atoms with E-state index in [0.717, 1.165) is 0 Å². The zero-order valence-electron chi connectivity index (χ0n) is 19.8. The molecule has 7 atom stereocenters. The molecule has 1 saturated heterocycles. The third-order valence-corrected chi connectivity index (χ3v) is 7.86. The minimum absolute atomic E-state index is 0.0546. The smallest absolute Gasteiger partial charge is 0.310 e. The molecule has 1 aliphatic heterocycles. The van der Waals surface area contributed by atoms with Crippen LogP contribution in [-0.4, -0.2) is 48.8 Å². The van der Waals surface area contributed by atoms with E-state index < -0.39 is 58.7 Å². The Morgan fingerprint density at radius 3 is 2.38 bits per heavy atom. The monoisotopic (exact) mass is 450 g/mol. The fraction of sp³-hybridized carbons (Fsp3) is 0.792. The van der Waals surface area contributed by atoms with Crippen molar-refractivity contribution < 1.29 is 38.2 Å². The molecule has 0 aromatic rings. The van der Waals surface area contributed by atoms with Gasteiger partial charge in [-0.2, -0.15) is 0 Å². The van der Waals surface area contributed by atoms with Gasteiger partial charge >= 0.3 is 17.9 Å². The number of hydrogen-bond acceptors (Lipinski definition) is 8. The summed E-state index contributed by atoms with van der Waals surface area (Å²) in [5.41, 5.74) is -1.68. The number of carbonyl (C=O) groups excluding carboxylic acids is 5. The SMILES string of the molecule is COC(=O)[C@@H]1C[C@H](OC(C)=O)C(=O)[C@H]2[C@@]1(C)CC[C@H]1C(=O)O[C@H](C(=O)CC(C)C)C[C@]21C. The molecular formula is C24H34O8. The van der Waals surface area contributed by atoms with Crippen molar-refractivity contribution in [2.45, 2.75) is 78.9 Å². The average Bonchev–Trinajstić information content (AvgIpc) is 2.67. The maximum absolute atomic E-state index is 13.7. The molecule has 0 bridgehead atoms. The van der Waals surface area contributed by atoms with Gasteiger partial charge in [-0.15, -0.1) is 0 Å². The summed E-state index contributed by atoms with van der Waals surface area (Å²) in [6.07, 6.45) is -0.571. The van der Waals surface area contributed by atoms with Gasteiger partial charge in [-0.05, 0) is 36.0 Å². The highest BCUT2D eigenvalue weighted by Gasteiger charge is 2.68. The lowest BCUT2D eigenvalue weighted by molar-refractivity contribution is -0.210. The molecule has 178 valence electrons. The molecule has 8 nitrogen and oxygen atoms in total. The van der Waals surface area contributed by atoms with Crippen LogP contribution in [0.5, 0.6) is 0 Å². The van der Waals surface area contributed by atoms with Crippen LogP contribution in [0.1, 0.15) is 66.7 Å². The van der Waals surface area contributed by atoms with E-state index in [1.165, 1.54) is 14.0 Å². The first-order valence-electron chi connectivity index (χ1n) is 11.4. The van der Waals surface area contributed by atoms with Gasteiger partial charge in [-0.1, -0.05) is 27.7 Å². The van der Waals surface area contributed by atoms with E-state index in [2.05, 4.69) is 0 Å². The molecule has 0 radical (unpaired) electrons. The first-order chi connectivity index (χ1) is 14.8. The largest absolute Gasteiger partial charge is 0.469 e. The normalized spacial score (nSPS) is 38.9. The van der Waals surface area contributed by atoms with Crippen molar-refractivity contribution in [3.63, 3.8) is 0 Å². The molecular weight excluding hydrogens is 416 g/mol. The van der Waals surface area contributed by atoms with Crippen LogP contribution in [0.2, 0.25) is 0 Å². The van der Waals surface area contributed by atoms with E-state index in [-0.39, 0.29) is 36.7 Å². The fourth-order valence-electron chi connectivity index (χ4n) is 6.53. The highest BCUT2D eigenvalue weighted by Crippen LogP contribution is 2.64. The lowest BCUT2D eigenvalue weighted by atomic mass is 9.43. The molecule has 3 fully saturated rings. The zero-order valence-corrected chi connectivity index (χ0v) is 19.8. The van der Waals surface area contributed by atoms with Crippen molar-refractivity contribution in [2.75, 3.05) is 7.11 Å². The summed E-state index contributed by atoms with van der Waals surface area (Å²) in [6.45, 7) is 8.78. The Bertz CT molecular complexity index is 832. The van der Waals surface area contributed by atoms with Crippen LogP contribution in [0, 0.1) is 34.5 Å². The lowest BCUT2D eigenvalue weighted by Crippen LogP contribution is -2.65. The quantitative estimate of drug-likeness (QED) is 0.464. The topological polar surface area (TPSA) is 113 Å². The molecule has 0 amide bonds. The molecule has 32 heavy (non-hydrogen) atoms. The van der Waals surface area contributed by atoms with Crippen LogP contribution in [0.25, 0.3) is 0 Å². The molecule has 0 aromatic heterocycles. The first kappa shape index (κ1) is 24.4. The highest BCUT2D eigenvalue weighted by molar-refractivity contribution is 5.94. The van der Waals surface area contributed by atoms with Crippen molar-refractivity contribution in [1.82, 2.24) is 0 Å². The first-order valence-corrected chi connectivity index (χ1v) is 11.4. The van der Waals surface area contributed by atoms with Gasteiger partial charge in [0.05, 0.1) is 18.9 Å². The molecule has 0 N–H and O–H groups in total. The standard InChI is InChI=1S/C24H34O8/c1-12(2)9-16(26)18-11-24(5)14(22(29)32-18)7-8-23(4)15(21(28)30-6)10-17(31-13(3)25)19(27)20(23)24/h12,14-15,17-18,20H,7-11H2,1-6H3/t14-,15-,17-,18-,20-,23-,24-/m0/s1. The van der Waals surface area contributed by atoms with E-state index in [1.54, 1.807) is 0 Å². The summed E-state index contributed by atoms with van der Waals surface area (Å²) >= 11 is 0. The molecule has 0 unspecified atom stereocenters. The molecule has 8 heteroatoms. The molecule has 0 spiro atoms. The second kappa shape index (κ2) is 8.60. The fourth-order valence-corrected chi connectivity index (χ4v) is 6.53. The molecule has 1 heterocycles. The van der Waals surface area contributed by atoms with Crippen LogP contribution in [0.3, 0.4) is 0 Å². The summed E-state index contributed by atoms with van der Waals surface area (Å²) in [7, 11) is 1.30. The maximum Gasteiger partial charge on any atom is 0.310 e. The minimum atomic E-state index is -1.09. The Hall–Kier alpha value is -2.25. The van der Waals surface area contributed by atoms with Crippen LogP contribution in [0.15, 0.2) is 0 Å². The van der Waals surface area contributed by atoms with Crippen molar-refractivity contribution in [2.24, 2.45) is 34.5 Å². The third-order valence-electron chi connectivity index (χ3n) is 7.86. The van der Waals surface area contributed by atoms with E-state index >= 15 is 0 Å². The number of carbonyl (C=O) groups is 5. The number of cyclic esters (lactones) is 1. The van der Waals surface area contributed by atoms with Gasteiger partial charge in [0.25, 0.3) is 0 Å². The Balaban J connectivity index is 2.06. The Labute approximate surface area is 188 Å². The van der Waals surface area contributed by atoms with Gasteiger partial charge < -0.3 is 14.2 Å². The van der Waals surface area contributed by atoms with E-state index in [0.29, 0.717) is 12.8 Å². The van der Waals surface area contributed by atoms with Crippen LogP contribution in [0.4, 0.5) is 0 Å². The van der Waals surface area contributed by atoms with Gasteiger partial charge in [0.15, 0.2) is 23.8 Å². The van der Waals surface area contributed by atoms with Crippen LogP contribution >= 0.6 is 0 Å². The minimum Gasteiger partial charge on any atom is -0.469 e. The van der Waals surface area contributed by atoms with E-state index in [4.69, 9.17) is 14.2 Å². The number of methoxy groups -OCH3 is 1. The van der Waals surface area contributed by atoms with Crippen molar-refractivity contribution in [1.29, 1.82) is 0 Å². The summed E-state index contributed by atoms with van der Waals surface area (Å²) < 4.78 is 15.9. The number of Topliss-reactive ketones (excluding diaryl/α,β-unsaturated/α-hetero) is 2. The van der Waals surface area contributed by atoms with Crippen molar-refractivity contribution in [3.05, 3.63) is 0 Å². The number of fused-ring (bicyclic) bond motifs is 3. The molecule has 3 rings (SSSR count). The van der Waals surface area contributed by atoms with Gasteiger partial charge in [-0.3, -0.25) is 24.0 Å². The van der Waals surface area contributed by atoms with Crippen molar-refractivity contribution in [3.8, 4) is 0 Å². The molecule has 2 saturated carbocycles. The Morgan fingerprint density at radius 2 is 1.81 bits per heavy atom. The molecule has 0 aromatic carbocycles. The average molecular weight is 451 g/mol. The second-order valence-electron chi connectivity index (χ2n) is 10.5. The second-order valence-corrected chi connectivity index (χ2v) is 10.5. The zero-order chi connectivity index (χ0) is 24.0. The molecule has 3 aliphatic rings. The number of ether oxygens (including phenoxy) is 3. The summed E-state index contributed by atoms with van der Waals surface area (Å²) in [5.74, 6) is -3.88. The maximum atomic E-state index is 13.7. The number of ketones is 2. The predicted molar refractivity (Wildman–Crippen MR) is 112 cm³/mol. The molecule has 2 aliphatic carbocycles. The predicted octanol–water partition coefficient (Wildman–Crippen LogP) is 2.65. The summed E-state index contributed by atoms with van der Waals surface area (Å²) in [6, 6.07) is 0. The van der Waals surface area contributed by atoms with Gasteiger partial charge in [0.1, 0.15) is 0 Å². The van der Waals surface area contributed by atoms with Crippen LogP contribution in [-0.2, 0) is 38.2 Å². The van der Waals surface area contributed by atoms with Gasteiger partial charge in [-0.25, -0.2) is 0 Å². The number of rotatable bonds is 5. The number of hydrogen-bond donors (Lipinski definition) is 0. The van der Waals surface area contributed by atoms with E-state index in [1.807, 2.05) is 27.7 Å². The Morgan fingerprint density at radius 1 is 1.16 bits per heavy atom. The van der Waals surface area contributed by atoms with Crippen molar-refractivity contribution >= 4 is 29.5 Å². The number of esters is 3. The highest BCUT2D eigenvalue weighted by atomic mass is 16.6. The van der Waals surface area contributed by atoms with E-state index in [9.17, 15) is 24.0 Å². The Kier molecular flexibility index (Phi) is 6.55. The summed E-state index contributed by atoms with van der Waals surface area (Å²) in [5, 5.41) is 0. The van der Waals surface area contributed by atoms with Gasteiger partial charge in [0.2, 0.25) is 0 Å². The van der Waals surface area contributed by atoms with Gasteiger partial charge in [0, 0.05) is 25.7 Å². The summed E-state index contributed by atoms with van der Waals surface area (Å²) in [4.78, 5) is 64.0. The third kappa shape index (κ3) is 3.97. The van der Waals surface area contributed by atoms with Crippen LogP contribution < -0.4 is 0 Å².